The fourth-order valence-electron chi connectivity index (χ4n) is 3.05. The van der Waals surface area contributed by atoms with Crippen LogP contribution < -0.4 is 4.74 Å². The number of nitrogens with zero attached hydrogens (tertiary/aromatic N) is 1. The number of nitriles is 1. The van der Waals surface area contributed by atoms with Crippen LogP contribution in [-0.4, -0.2) is 12.1 Å². The molecular formula is C17H22N2O. The van der Waals surface area contributed by atoms with Gasteiger partial charge in [-0.1, -0.05) is 26.7 Å². The number of rotatable bonds is 6. The van der Waals surface area contributed by atoms with Gasteiger partial charge in [0.25, 0.3) is 0 Å². The first-order valence-electron chi connectivity index (χ1n) is 7.27. The molecule has 2 rings (SSSR count). The second-order valence-electron chi connectivity index (χ2n) is 5.31. The van der Waals surface area contributed by atoms with Crippen LogP contribution in [0.2, 0.25) is 0 Å². The van der Waals surface area contributed by atoms with Gasteiger partial charge in [-0.2, -0.15) is 5.26 Å². The van der Waals surface area contributed by atoms with Crippen molar-refractivity contribution in [2.24, 2.45) is 0 Å². The molecule has 3 nitrogen and oxygen atoms in total. The van der Waals surface area contributed by atoms with Crippen molar-refractivity contribution in [3.05, 3.63) is 30.0 Å². The number of aromatic nitrogens is 1. The Hall–Kier alpha value is -1.95. The van der Waals surface area contributed by atoms with E-state index in [0.29, 0.717) is 0 Å². The molecule has 0 unspecified atom stereocenters. The van der Waals surface area contributed by atoms with Crippen molar-refractivity contribution < 1.29 is 4.74 Å². The summed E-state index contributed by atoms with van der Waals surface area (Å²) in [4.78, 5) is 3.29. The molecule has 0 aliphatic heterocycles. The highest BCUT2D eigenvalue weighted by Crippen LogP contribution is 2.38. The summed E-state index contributed by atoms with van der Waals surface area (Å²) in [5.74, 6) is 0.833. The van der Waals surface area contributed by atoms with Crippen LogP contribution in [0.3, 0.4) is 0 Å². The lowest BCUT2D eigenvalue weighted by molar-refractivity contribution is 0.415. The number of benzene rings is 1. The summed E-state index contributed by atoms with van der Waals surface area (Å²) in [5, 5.41) is 10.9. The van der Waals surface area contributed by atoms with E-state index in [2.05, 4.69) is 31.0 Å². The average Bonchev–Trinajstić information content (AvgIpc) is 2.90. The molecule has 2 aromatic rings. The zero-order chi connectivity index (χ0) is 14.6. The third-order valence-electron chi connectivity index (χ3n) is 3.97. The number of hydrogen-bond acceptors (Lipinski definition) is 2. The van der Waals surface area contributed by atoms with Crippen molar-refractivity contribution in [3.8, 4) is 11.8 Å². The number of fused-ring (bicyclic) bond motifs is 1. The van der Waals surface area contributed by atoms with Gasteiger partial charge in [0, 0.05) is 23.2 Å². The zero-order valence-corrected chi connectivity index (χ0v) is 12.5. The van der Waals surface area contributed by atoms with Crippen LogP contribution in [0.1, 0.15) is 45.1 Å². The molecule has 0 aliphatic carbocycles. The van der Waals surface area contributed by atoms with E-state index in [1.54, 1.807) is 7.11 Å². The Balaban J connectivity index is 2.57. The molecule has 1 aromatic carbocycles. The van der Waals surface area contributed by atoms with Crippen molar-refractivity contribution >= 4 is 10.9 Å². The second-order valence-corrected chi connectivity index (χ2v) is 5.31. The number of nitrogens with one attached hydrogen (secondary N) is 1. The molecule has 0 aliphatic rings. The van der Waals surface area contributed by atoms with Gasteiger partial charge in [-0.05, 0) is 30.5 Å². The van der Waals surface area contributed by atoms with Gasteiger partial charge >= 0.3 is 0 Å². The minimum atomic E-state index is -0.379. The van der Waals surface area contributed by atoms with Gasteiger partial charge in [0.1, 0.15) is 5.75 Å². The second kappa shape index (κ2) is 6.00. The maximum absolute atomic E-state index is 9.78. The van der Waals surface area contributed by atoms with E-state index in [1.807, 2.05) is 18.3 Å². The highest BCUT2D eigenvalue weighted by Gasteiger charge is 2.32. The molecule has 0 radical (unpaired) electrons. The molecule has 1 aromatic heterocycles. The van der Waals surface area contributed by atoms with Gasteiger partial charge < -0.3 is 9.72 Å². The van der Waals surface area contributed by atoms with E-state index in [-0.39, 0.29) is 5.41 Å². The lowest BCUT2D eigenvalue weighted by Crippen LogP contribution is -2.23. The average molecular weight is 270 g/mol. The summed E-state index contributed by atoms with van der Waals surface area (Å²) >= 11 is 0. The fourth-order valence-corrected chi connectivity index (χ4v) is 3.05. The lowest BCUT2D eigenvalue weighted by Gasteiger charge is -2.25. The zero-order valence-electron chi connectivity index (χ0n) is 12.5. The van der Waals surface area contributed by atoms with Crippen molar-refractivity contribution in [3.63, 3.8) is 0 Å². The standard InChI is InChI=1S/C17H22N2O/c1-4-8-17(12-18,9-5-2)15-11-19-16-10-13(20-3)6-7-14(15)16/h6-7,10-11,19H,4-5,8-9H2,1-3H3. The molecule has 0 saturated heterocycles. The predicted octanol–water partition coefficient (Wildman–Crippen LogP) is 4.54. The maximum atomic E-state index is 9.78. The van der Waals surface area contributed by atoms with Gasteiger partial charge in [-0.25, -0.2) is 0 Å². The lowest BCUT2D eigenvalue weighted by atomic mass is 9.74. The SMILES string of the molecule is CCCC(C#N)(CCC)c1c[nH]c2cc(OC)ccc12. The van der Waals surface area contributed by atoms with Crippen LogP contribution in [0.4, 0.5) is 0 Å². The smallest absolute Gasteiger partial charge is 0.120 e. The van der Waals surface area contributed by atoms with Crippen LogP contribution >= 0.6 is 0 Å². The molecule has 0 atom stereocenters. The summed E-state index contributed by atoms with van der Waals surface area (Å²) < 4.78 is 5.25. The van der Waals surface area contributed by atoms with Crippen LogP contribution in [0.5, 0.6) is 5.75 Å². The first-order chi connectivity index (χ1) is 9.70. The highest BCUT2D eigenvalue weighted by molar-refractivity contribution is 5.86. The Morgan fingerprint density at radius 3 is 2.50 bits per heavy atom. The third kappa shape index (κ3) is 2.38. The Morgan fingerprint density at radius 2 is 1.95 bits per heavy atom. The fraction of sp³-hybridized carbons (Fsp3) is 0.471. The number of methoxy groups -OCH3 is 1. The molecule has 1 N–H and O–H groups in total. The van der Waals surface area contributed by atoms with E-state index >= 15 is 0 Å². The van der Waals surface area contributed by atoms with Gasteiger partial charge in [-0.3, -0.25) is 0 Å². The monoisotopic (exact) mass is 270 g/mol. The molecule has 106 valence electrons. The topological polar surface area (TPSA) is 48.8 Å². The van der Waals surface area contributed by atoms with Gasteiger partial charge in [-0.15, -0.1) is 0 Å². The minimum Gasteiger partial charge on any atom is -0.497 e. The van der Waals surface area contributed by atoms with E-state index in [1.165, 1.54) is 0 Å². The van der Waals surface area contributed by atoms with E-state index < -0.39 is 0 Å². The maximum Gasteiger partial charge on any atom is 0.120 e. The molecule has 0 spiro atoms. The van der Waals surface area contributed by atoms with Crippen molar-refractivity contribution in [2.45, 2.75) is 44.9 Å². The Bertz CT molecular complexity index is 615. The van der Waals surface area contributed by atoms with E-state index in [9.17, 15) is 5.26 Å². The molecule has 0 bridgehead atoms. The van der Waals surface area contributed by atoms with Crippen LogP contribution in [-0.2, 0) is 5.41 Å². The van der Waals surface area contributed by atoms with Gasteiger partial charge in [0.15, 0.2) is 0 Å². The van der Waals surface area contributed by atoms with Crippen molar-refractivity contribution in [1.82, 2.24) is 4.98 Å². The molecule has 0 amide bonds. The highest BCUT2D eigenvalue weighted by atomic mass is 16.5. The Kier molecular flexibility index (Phi) is 4.34. The first kappa shape index (κ1) is 14.5. The summed E-state index contributed by atoms with van der Waals surface area (Å²) in [6.45, 7) is 4.28. The van der Waals surface area contributed by atoms with Crippen LogP contribution in [0.15, 0.2) is 24.4 Å². The first-order valence-corrected chi connectivity index (χ1v) is 7.27. The van der Waals surface area contributed by atoms with Crippen LogP contribution in [0.25, 0.3) is 10.9 Å². The number of ether oxygens (including phenoxy) is 1. The normalized spacial score (nSPS) is 11.5. The van der Waals surface area contributed by atoms with Crippen LogP contribution in [0, 0.1) is 11.3 Å². The third-order valence-corrected chi connectivity index (χ3v) is 3.97. The molecule has 0 saturated carbocycles. The van der Waals surface area contributed by atoms with Gasteiger partial charge in [0.05, 0.1) is 18.6 Å². The molecular weight excluding hydrogens is 248 g/mol. The number of aromatic amines is 1. The summed E-state index contributed by atoms with van der Waals surface area (Å²) in [5.41, 5.74) is 1.78. The Labute approximate surface area is 120 Å². The number of H-pyrrole nitrogens is 1. The van der Waals surface area contributed by atoms with Crippen molar-refractivity contribution in [1.29, 1.82) is 5.26 Å². The largest absolute Gasteiger partial charge is 0.497 e. The molecule has 20 heavy (non-hydrogen) atoms. The summed E-state index contributed by atoms with van der Waals surface area (Å²) in [6.07, 6.45) is 5.82. The quantitative estimate of drug-likeness (QED) is 0.837. The Morgan fingerprint density at radius 1 is 1.25 bits per heavy atom. The molecule has 1 heterocycles. The summed E-state index contributed by atoms with van der Waals surface area (Å²) in [7, 11) is 1.67. The molecule has 3 heteroatoms. The van der Waals surface area contributed by atoms with Gasteiger partial charge in [0.2, 0.25) is 0 Å². The summed E-state index contributed by atoms with van der Waals surface area (Å²) in [6, 6.07) is 8.59. The number of hydrogen-bond donors (Lipinski definition) is 1. The van der Waals surface area contributed by atoms with E-state index in [4.69, 9.17) is 4.74 Å². The molecule has 0 fully saturated rings. The van der Waals surface area contributed by atoms with E-state index in [0.717, 1.165) is 47.9 Å². The van der Waals surface area contributed by atoms with Crippen molar-refractivity contribution in [2.75, 3.05) is 7.11 Å². The minimum absolute atomic E-state index is 0.379. The predicted molar refractivity (Wildman–Crippen MR) is 82.0 cm³/mol.